The number of benzene rings is 1. The molecule has 2 nitrogen and oxygen atoms in total. The van der Waals surface area contributed by atoms with Gasteiger partial charge in [-0.25, -0.2) is 0 Å². The van der Waals surface area contributed by atoms with Crippen molar-refractivity contribution in [2.75, 3.05) is 0 Å². The molecule has 3 heteroatoms. The van der Waals surface area contributed by atoms with Crippen molar-refractivity contribution >= 4 is 11.6 Å². The summed E-state index contributed by atoms with van der Waals surface area (Å²) in [5, 5.41) is 11.1. The third-order valence-corrected chi connectivity index (χ3v) is 5.34. The maximum atomic E-state index is 10.4. The molecule has 1 N–H and O–H groups in total. The molecule has 18 heavy (non-hydrogen) atoms. The van der Waals surface area contributed by atoms with Crippen LogP contribution in [0.3, 0.4) is 0 Å². The quantitative estimate of drug-likeness (QED) is 0.774. The van der Waals surface area contributed by atoms with Crippen LogP contribution in [0.5, 0.6) is 5.75 Å². The van der Waals surface area contributed by atoms with Gasteiger partial charge in [0.25, 0.3) is 0 Å². The molecule has 1 aliphatic heterocycles. The fourth-order valence-electron chi connectivity index (χ4n) is 4.34. The van der Waals surface area contributed by atoms with E-state index < -0.39 is 6.10 Å². The molecule has 0 radical (unpaired) electrons. The van der Waals surface area contributed by atoms with E-state index in [9.17, 15) is 5.11 Å². The number of halogens is 1. The van der Waals surface area contributed by atoms with Crippen molar-refractivity contribution in [3.8, 4) is 5.75 Å². The standard InChI is InChI=1S/C15H17ClO2/c16-11-3-4-14-12(6-11)13(17)8-15(18-14)7-9-1-2-10(15)5-9/h3-4,6,9-10,13,17H,1-2,5,7-8H2/t9?,10?,13-,15?/m0/s1. The van der Waals surface area contributed by atoms with Gasteiger partial charge in [-0.05, 0) is 55.7 Å². The Morgan fingerprint density at radius 1 is 1.28 bits per heavy atom. The topological polar surface area (TPSA) is 29.5 Å². The van der Waals surface area contributed by atoms with Gasteiger partial charge in [0.2, 0.25) is 0 Å². The third kappa shape index (κ3) is 1.45. The van der Waals surface area contributed by atoms with Crippen LogP contribution in [0.25, 0.3) is 0 Å². The summed E-state index contributed by atoms with van der Waals surface area (Å²) in [4.78, 5) is 0. The molecule has 1 aromatic carbocycles. The summed E-state index contributed by atoms with van der Waals surface area (Å²) >= 11 is 5.99. The number of aliphatic hydroxyl groups is 1. The minimum atomic E-state index is -0.424. The van der Waals surface area contributed by atoms with Crippen molar-refractivity contribution in [3.05, 3.63) is 28.8 Å². The van der Waals surface area contributed by atoms with Crippen molar-refractivity contribution in [3.63, 3.8) is 0 Å². The number of ether oxygens (including phenoxy) is 1. The van der Waals surface area contributed by atoms with E-state index in [4.69, 9.17) is 16.3 Å². The molecule has 2 saturated carbocycles. The zero-order chi connectivity index (χ0) is 12.3. The Kier molecular flexibility index (Phi) is 2.25. The van der Waals surface area contributed by atoms with E-state index in [-0.39, 0.29) is 5.60 Å². The van der Waals surface area contributed by atoms with Crippen molar-refractivity contribution in [2.45, 2.75) is 43.8 Å². The molecule has 1 spiro atoms. The lowest BCUT2D eigenvalue weighted by Crippen LogP contribution is -2.45. The summed E-state index contributed by atoms with van der Waals surface area (Å²) in [6, 6.07) is 5.59. The van der Waals surface area contributed by atoms with Crippen LogP contribution in [0.2, 0.25) is 5.02 Å². The molecule has 1 heterocycles. The zero-order valence-corrected chi connectivity index (χ0v) is 11.0. The average Bonchev–Trinajstić information content (AvgIpc) is 2.91. The molecule has 4 atom stereocenters. The first-order valence-corrected chi connectivity index (χ1v) is 7.21. The maximum absolute atomic E-state index is 10.4. The first-order valence-electron chi connectivity index (χ1n) is 6.83. The van der Waals surface area contributed by atoms with E-state index in [0.29, 0.717) is 10.9 Å². The number of fused-ring (bicyclic) bond motifs is 4. The summed E-state index contributed by atoms with van der Waals surface area (Å²) in [5.41, 5.74) is 0.763. The van der Waals surface area contributed by atoms with Gasteiger partial charge >= 0.3 is 0 Å². The highest BCUT2D eigenvalue weighted by Gasteiger charge is 2.55. The summed E-state index contributed by atoms with van der Waals surface area (Å²) in [7, 11) is 0. The zero-order valence-electron chi connectivity index (χ0n) is 10.2. The number of hydrogen-bond donors (Lipinski definition) is 1. The van der Waals surface area contributed by atoms with Crippen LogP contribution in [-0.4, -0.2) is 10.7 Å². The lowest BCUT2D eigenvalue weighted by Gasteiger charge is -2.43. The summed E-state index contributed by atoms with van der Waals surface area (Å²) in [5.74, 6) is 2.29. The van der Waals surface area contributed by atoms with Gasteiger partial charge in [-0.2, -0.15) is 0 Å². The summed E-state index contributed by atoms with van der Waals surface area (Å²) in [6.07, 6.45) is 5.33. The van der Waals surface area contributed by atoms with Crippen LogP contribution in [0.15, 0.2) is 18.2 Å². The van der Waals surface area contributed by atoms with Gasteiger partial charge in [0.1, 0.15) is 11.4 Å². The Morgan fingerprint density at radius 2 is 2.17 bits per heavy atom. The molecule has 0 aromatic heterocycles. The first-order chi connectivity index (χ1) is 8.66. The van der Waals surface area contributed by atoms with Crippen LogP contribution < -0.4 is 4.74 Å². The molecule has 96 valence electrons. The Hall–Kier alpha value is -0.730. The van der Waals surface area contributed by atoms with Gasteiger partial charge < -0.3 is 9.84 Å². The largest absolute Gasteiger partial charge is 0.486 e. The molecule has 1 aromatic rings. The van der Waals surface area contributed by atoms with Gasteiger partial charge in [0, 0.05) is 17.0 Å². The van der Waals surface area contributed by atoms with Crippen molar-refractivity contribution < 1.29 is 9.84 Å². The van der Waals surface area contributed by atoms with Gasteiger partial charge in [0.05, 0.1) is 6.10 Å². The van der Waals surface area contributed by atoms with E-state index in [1.807, 2.05) is 18.2 Å². The second kappa shape index (κ2) is 3.64. The van der Waals surface area contributed by atoms with Crippen molar-refractivity contribution in [1.29, 1.82) is 0 Å². The van der Waals surface area contributed by atoms with E-state index in [1.165, 1.54) is 19.3 Å². The Bertz CT molecular complexity index is 501. The van der Waals surface area contributed by atoms with Crippen LogP contribution in [-0.2, 0) is 0 Å². The van der Waals surface area contributed by atoms with Gasteiger partial charge in [-0.15, -0.1) is 0 Å². The van der Waals surface area contributed by atoms with Crippen LogP contribution in [0, 0.1) is 11.8 Å². The SMILES string of the molecule is O[C@H]1CC2(CC3CCC2C3)Oc2ccc(Cl)cc21. The predicted octanol–water partition coefficient (Wildman–Crippen LogP) is 3.71. The Labute approximate surface area is 112 Å². The average molecular weight is 265 g/mol. The smallest absolute Gasteiger partial charge is 0.126 e. The van der Waals surface area contributed by atoms with Crippen LogP contribution in [0.4, 0.5) is 0 Å². The van der Waals surface area contributed by atoms with Gasteiger partial charge in [-0.3, -0.25) is 0 Å². The van der Waals surface area contributed by atoms with Gasteiger partial charge in [-0.1, -0.05) is 11.6 Å². The molecule has 0 saturated heterocycles. The molecule has 2 bridgehead atoms. The van der Waals surface area contributed by atoms with E-state index in [0.717, 1.165) is 30.1 Å². The van der Waals surface area contributed by atoms with E-state index >= 15 is 0 Å². The number of rotatable bonds is 0. The van der Waals surface area contributed by atoms with Gasteiger partial charge in [0.15, 0.2) is 0 Å². The fourth-order valence-corrected chi connectivity index (χ4v) is 4.52. The Balaban J connectivity index is 1.74. The fraction of sp³-hybridized carbons (Fsp3) is 0.600. The third-order valence-electron chi connectivity index (χ3n) is 5.10. The highest BCUT2D eigenvalue weighted by molar-refractivity contribution is 6.30. The summed E-state index contributed by atoms with van der Waals surface area (Å²) < 4.78 is 6.32. The molecule has 2 aliphatic carbocycles. The first kappa shape index (κ1) is 11.1. The minimum absolute atomic E-state index is 0.0941. The monoisotopic (exact) mass is 264 g/mol. The lowest BCUT2D eigenvalue weighted by molar-refractivity contribution is -0.0509. The van der Waals surface area contributed by atoms with Crippen molar-refractivity contribution in [1.82, 2.24) is 0 Å². The normalized spacial score (nSPS) is 40.9. The second-order valence-corrected chi connectivity index (χ2v) is 6.59. The lowest BCUT2D eigenvalue weighted by atomic mass is 9.77. The molecular formula is C15H17ClO2. The second-order valence-electron chi connectivity index (χ2n) is 6.15. The molecule has 3 unspecified atom stereocenters. The minimum Gasteiger partial charge on any atom is -0.486 e. The number of aliphatic hydroxyl groups excluding tert-OH is 1. The molecule has 2 fully saturated rings. The maximum Gasteiger partial charge on any atom is 0.126 e. The molecule has 4 rings (SSSR count). The van der Waals surface area contributed by atoms with E-state index in [2.05, 4.69) is 0 Å². The van der Waals surface area contributed by atoms with E-state index in [1.54, 1.807) is 0 Å². The summed E-state index contributed by atoms with van der Waals surface area (Å²) in [6.45, 7) is 0. The van der Waals surface area contributed by atoms with Crippen LogP contribution >= 0.6 is 11.6 Å². The number of hydrogen-bond acceptors (Lipinski definition) is 2. The predicted molar refractivity (Wildman–Crippen MR) is 69.8 cm³/mol. The van der Waals surface area contributed by atoms with Crippen molar-refractivity contribution in [2.24, 2.45) is 11.8 Å². The highest BCUT2D eigenvalue weighted by Crippen LogP contribution is 2.58. The Morgan fingerprint density at radius 3 is 2.89 bits per heavy atom. The van der Waals surface area contributed by atoms with Crippen LogP contribution in [0.1, 0.15) is 43.8 Å². The molecule has 0 amide bonds. The molecule has 3 aliphatic rings. The highest BCUT2D eigenvalue weighted by atomic mass is 35.5. The molecular weight excluding hydrogens is 248 g/mol.